The molecular formula is C24H29FN2O3. The van der Waals surface area contributed by atoms with Crippen molar-refractivity contribution in [2.24, 2.45) is 0 Å². The van der Waals surface area contributed by atoms with Crippen molar-refractivity contribution in [3.8, 4) is 5.75 Å². The summed E-state index contributed by atoms with van der Waals surface area (Å²) in [6.45, 7) is 3.64. The third kappa shape index (κ3) is 5.81. The molecule has 160 valence electrons. The van der Waals surface area contributed by atoms with Crippen LogP contribution in [0.4, 0.5) is 4.39 Å². The number of halogens is 1. The molecule has 0 aliphatic heterocycles. The second kappa shape index (κ2) is 10.2. The zero-order valence-electron chi connectivity index (χ0n) is 17.6. The highest BCUT2D eigenvalue weighted by Crippen LogP contribution is 2.19. The van der Waals surface area contributed by atoms with Gasteiger partial charge < -0.3 is 15.0 Å². The molecule has 1 fully saturated rings. The summed E-state index contributed by atoms with van der Waals surface area (Å²) in [5.74, 6) is -1.05. The summed E-state index contributed by atoms with van der Waals surface area (Å²) in [7, 11) is 0. The molecule has 1 N–H and O–H groups in total. The van der Waals surface area contributed by atoms with Crippen molar-refractivity contribution in [2.75, 3.05) is 6.61 Å². The topological polar surface area (TPSA) is 58.6 Å². The van der Waals surface area contributed by atoms with Gasteiger partial charge in [0.15, 0.2) is 18.2 Å². The predicted octanol–water partition coefficient (Wildman–Crippen LogP) is 3.99. The summed E-state index contributed by atoms with van der Waals surface area (Å²) in [4.78, 5) is 27.3. The monoisotopic (exact) mass is 412 g/mol. The van der Waals surface area contributed by atoms with E-state index in [0.717, 1.165) is 36.8 Å². The Morgan fingerprint density at radius 1 is 1.17 bits per heavy atom. The quantitative estimate of drug-likeness (QED) is 0.713. The maximum atomic E-state index is 13.8. The lowest BCUT2D eigenvalue weighted by molar-refractivity contribution is -0.142. The number of aryl methyl sites for hydroxylation is 1. The second-order valence-corrected chi connectivity index (χ2v) is 7.90. The van der Waals surface area contributed by atoms with Crippen LogP contribution in [0.15, 0.2) is 48.5 Å². The Bertz CT molecular complexity index is 880. The van der Waals surface area contributed by atoms with Gasteiger partial charge in [-0.25, -0.2) is 4.39 Å². The number of ether oxygens (including phenoxy) is 1. The van der Waals surface area contributed by atoms with Crippen molar-refractivity contribution in [2.45, 2.75) is 58.2 Å². The first-order chi connectivity index (χ1) is 14.4. The lowest BCUT2D eigenvalue weighted by atomic mass is 10.1. The summed E-state index contributed by atoms with van der Waals surface area (Å²) < 4.78 is 19.2. The van der Waals surface area contributed by atoms with E-state index < -0.39 is 11.9 Å². The van der Waals surface area contributed by atoms with Gasteiger partial charge in [-0.2, -0.15) is 0 Å². The molecular weight excluding hydrogens is 383 g/mol. The van der Waals surface area contributed by atoms with E-state index in [1.165, 1.54) is 17.0 Å². The van der Waals surface area contributed by atoms with E-state index in [9.17, 15) is 14.0 Å². The summed E-state index contributed by atoms with van der Waals surface area (Å²) in [5.41, 5.74) is 2.00. The molecule has 1 aliphatic carbocycles. The molecule has 30 heavy (non-hydrogen) atoms. The minimum atomic E-state index is -0.664. The summed E-state index contributed by atoms with van der Waals surface area (Å²) in [6.07, 6.45) is 4.17. The van der Waals surface area contributed by atoms with Crippen LogP contribution in [-0.4, -0.2) is 35.4 Å². The van der Waals surface area contributed by atoms with Gasteiger partial charge in [-0.3, -0.25) is 9.59 Å². The van der Waals surface area contributed by atoms with E-state index in [1.54, 1.807) is 19.1 Å². The van der Waals surface area contributed by atoms with Crippen LogP contribution in [0.1, 0.15) is 43.7 Å². The van der Waals surface area contributed by atoms with Crippen molar-refractivity contribution in [3.05, 3.63) is 65.5 Å². The van der Waals surface area contributed by atoms with Crippen LogP contribution in [0.3, 0.4) is 0 Å². The van der Waals surface area contributed by atoms with Crippen LogP contribution < -0.4 is 10.1 Å². The Hall–Kier alpha value is -2.89. The zero-order valence-corrected chi connectivity index (χ0v) is 17.6. The van der Waals surface area contributed by atoms with Crippen molar-refractivity contribution in [1.29, 1.82) is 0 Å². The number of amides is 2. The first kappa shape index (κ1) is 21.8. The SMILES string of the molecule is Cc1cccc(CN(C(=O)COc2ccccc2F)[C@@H](C)C(=O)NC2CCCC2)c1. The summed E-state index contributed by atoms with van der Waals surface area (Å²) in [5, 5.41) is 3.06. The van der Waals surface area contributed by atoms with Crippen LogP contribution in [0.2, 0.25) is 0 Å². The Balaban J connectivity index is 1.72. The molecule has 0 heterocycles. The van der Waals surface area contributed by atoms with E-state index in [-0.39, 0.29) is 36.8 Å². The molecule has 2 amide bonds. The van der Waals surface area contributed by atoms with E-state index in [2.05, 4.69) is 5.32 Å². The fraction of sp³-hybridized carbons (Fsp3) is 0.417. The average Bonchev–Trinajstić information content (AvgIpc) is 3.24. The number of benzene rings is 2. The van der Waals surface area contributed by atoms with Gasteiger partial charge >= 0.3 is 0 Å². The average molecular weight is 413 g/mol. The molecule has 1 saturated carbocycles. The number of hydrogen-bond donors (Lipinski definition) is 1. The van der Waals surface area contributed by atoms with Crippen LogP contribution in [0.25, 0.3) is 0 Å². The Morgan fingerprint density at radius 3 is 2.60 bits per heavy atom. The fourth-order valence-corrected chi connectivity index (χ4v) is 3.77. The van der Waals surface area contributed by atoms with Gasteiger partial charge in [0, 0.05) is 12.6 Å². The van der Waals surface area contributed by atoms with Crippen molar-refractivity contribution in [1.82, 2.24) is 10.2 Å². The van der Waals surface area contributed by atoms with Crippen molar-refractivity contribution in [3.63, 3.8) is 0 Å². The zero-order chi connectivity index (χ0) is 21.5. The molecule has 2 aromatic rings. The number of nitrogens with zero attached hydrogens (tertiary/aromatic N) is 1. The van der Waals surface area contributed by atoms with Crippen molar-refractivity contribution >= 4 is 11.8 Å². The largest absolute Gasteiger partial charge is 0.481 e. The maximum absolute atomic E-state index is 13.8. The molecule has 2 aromatic carbocycles. The Kier molecular flexibility index (Phi) is 7.44. The molecule has 6 heteroatoms. The molecule has 1 atom stereocenters. The molecule has 0 aromatic heterocycles. The number of carbonyl (C=O) groups is 2. The molecule has 3 rings (SSSR count). The number of rotatable bonds is 8. The van der Waals surface area contributed by atoms with E-state index in [4.69, 9.17) is 4.74 Å². The van der Waals surface area contributed by atoms with Crippen LogP contribution >= 0.6 is 0 Å². The molecule has 0 saturated heterocycles. The van der Waals surface area contributed by atoms with Gasteiger partial charge in [0.1, 0.15) is 6.04 Å². The second-order valence-electron chi connectivity index (χ2n) is 7.90. The van der Waals surface area contributed by atoms with Crippen LogP contribution in [0, 0.1) is 12.7 Å². The highest BCUT2D eigenvalue weighted by molar-refractivity contribution is 5.88. The molecule has 0 radical (unpaired) electrons. The minimum absolute atomic E-state index is 0.0180. The number of para-hydroxylation sites is 1. The molecule has 1 aliphatic rings. The molecule has 0 bridgehead atoms. The van der Waals surface area contributed by atoms with E-state index in [0.29, 0.717) is 0 Å². The highest BCUT2D eigenvalue weighted by Gasteiger charge is 2.28. The first-order valence-corrected chi connectivity index (χ1v) is 10.5. The minimum Gasteiger partial charge on any atom is -0.481 e. The summed E-state index contributed by atoms with van der Waals surface area (Å²) in [6, 6.07) is 13.3. The van der Waals surface area contributed by atoms with Crippen LogP contribution in [-0.2, 0) is 16.1 Å². The van der Waals surface area contributed by atoms with Gasteiger partial charge in [-0.05, 0) is 44.4 Å². The van der Waals surface area contributed by atoms with Gasteiger partial charge in [0.25, 0.3) is 5.91 Å². The van der Waals surface area contributed by atoms with Crippen LogP contribution in [0.5, 0.6) is 5.75 Å². The Morgan fingerprint density at radius 2 is 1.90 bits per heavy atom. The third-order valence-corrected chi connectivity index (χ3v) is 5.49. The highest BCUT2D eigenvalue weighted by atomic mass is 19.1. The van der Waals surface area contributed by atoms with Gasteiger partial charge in [-0.1, -0.05) is 54.8 Å². The first-order valence-electron chi connectivity index (χ1n) is 10.5. The molecule has 0 unspecified atom stereocenters. The lowest BCUT2D eigenvalue weighted by Crippen LogP contribution is -2.50. The number of nitrogens with one attached hydrogen (secondary N) is 1. The standard InChI is InChI=1S/C24H29FN2O3/c1-17-8-7-9-19(14-17)15-27(18(2)24(29)26-20-10-3-4-11-20)23(28)16-30-22-13-6-5-12-21(22)25/h5-9,12-14,18,20H,3-4,10-11,15-16H2,1-2H3,(H,26,29)/t18-/m0/s1. The predicted molar refractivity (Wildman–Crippen MR) is 113 cm³/mol. The van der Waals surface area contributed by atoms with Gasteiger partial charge in [0.2, 0.25) is 5.91 Å². The number of hydrogen-bond acceptors (Lipinski definition) is 3. The van der Waals surface area contributed by atoms with E-state index in [1.807, 2.05) is 31.2 Å². The molecule has 5 nitrogen and oxygen atoms in total. The van der Waals surface area contributed by atoms with Gasteiger partial charge in [0.05, 0.1) is 0 Å². The Labute approximate surface area is 177 Å². The van der Waals surface area contributed by atoms with Crippen molar-refractivity contribution < 1.29 is 18.7 Å². The normalized spacial score (nSPS) is 14.9. The number of carbonyl (C=O) groups excluding carboxylic acids is 2. The third-order valence-electron chi connectivity index (χ3n) is 5.49. The molecule has 0 spiro atoms. The summed E-state index contributed by atoms with van der Waals surface area (Å²) >= 11 is 0. The smallest absolute Gasteiger partial charge is 0.261 e. The maximum Gasteiger partial charge on any atom is 0.261 e. The lowest BCUT2D eigenvalue weighted by Gasteiger charge is -2.29. The van der Waals surface area contributed by atoms with Gasteiger partial charge in [-0.15, -0.1) is 0 Å². The fourth-order valence-electron chi connectivity index (χ4n) is 3.77. The van der Waals surface area contributed by atoms with E-state index >= 15 is 0 Å².